The molecule has 4 aliphatic rings. The number of alkyl halides is 1. The van der Waals surface area contributed by atoms with Gasteiger partial charge in [0.1, 0.15) is 11.9 Å². The van der Waals surface area contributed by atoms with E-state index >= 15 is 0 Å². The number of likely N-dealkylation sites (N-methyl/N-ethyl adjacent to an activating group) is 1. The molecular weight excluding hydrogens is 374 g/mol. The van der Waals surface area contributed by atoms with E-state index in [1.165, 1.54) is 27.4 Å². The molecule has 5 atom stereocenters. The van der Waals surface area contributed by atoms with Crippen molar-refractivity contribution in [3.05, 3.63) is 23.4 Å². The Morgan fingerprint density at radius 3 is 2.48 bits per heavy atom. The summed E-state index contributed by atoms with van der Waals surface area (Å²) in [5, 5.41) is 10.5. The largest absolute Gasteiger partial charge is 0.498 e. The molecule has 7 nitrogen and oxygen atoms in total. The number of methoxy groups -OCH3 is 3. The van der Waals surface area contributed by atoms with Crippen LogP contribution in [-0.2, 0) is 23.8 Å². The van der Waals surface area contributed by atoms with Crippen LogP contribution in [0.5, 0.6) is 0 Å². The zero-order valence-electron chi connectivity index (χ0n) is 15.9. The normalized spacial score (nSPS) is 43.9. The number of hydrogen-bond acceptors (Lipinski definition) is 7. The van der Waals surface area contributed by atoms with Crippen LogP contribution in [0.3, 0.4) is 0 Å². The fraction of sp³-hybridized carbons (Fsp3) is 0.684. The lowest BCUT2D eigenvalue weighted by atomic mass is 9.52. The van der Waals surface area contributed by atoms with Crippen LogP contribution in [0.1, 0.15) is 19.3 Å². The summed E-state index contributed by atoms with van der Waals surface area (Å²) >= 11 is 6.85. The number of ether oxygens (including phenoxy) is 3. The maximum atomic E-state index is 13.3. The lowest BCUT2D eigenvalue weighted by Gasteiger charge is -2.53. The van der Waals surface area contributed by atoms with Crippen molar-refractivity contribution in [2.75, 3.05) is 34.9 Å². The summed E-state index contributed by atoms with van der Waals surface area (Å²) < 4.78 is 16.4. The standard InChI is InChI=1S/C19H24ClNO6/c1-21-6-5-17-8-10(22)14(26-3)16(27-4)18(17,21)9-12(20)19(17)13(23)7-11(25-2)15(19)24/h7,12,15,24H,5-6,8-9H2,1-4H3/t12?,15?,17-,18-,19-/m1/s1. The molecule has 8 heteroatoms. The Bertz CT molecular complexity index is 793. The van der Waals surface area contributed by atoms with Crippen molar-refractivity contribution >= 4 is 23.2 Å². The minimum Gasteiger partial charge on any atom is -0.498 e. The molecule has 0 amide bonds. The van der Waals surface area contributed by atoms with Gasteiger partial charge in [-0.2, -0.15) is 0 Å². The lowest BCUT2D eigenvalue weighted by Crippen LogP contribution is -2.63. The zero-order chi connectivity index (χ0) is 19.8. The third kappa shape index (κ3) is 1.72. The molecule has 2 fully saturated rings. The quantitative estimate of drug-likeness (QED) is 0.711. The SMILES string of the molecule is COC1=CC(=O)[C@]2(C(Cl)C[C@@]34C(OC)=C(OC)C(=O)C[C@@]23CCN4C)C1O. The number of hydrogen-bond donors (Lipinski definition) is 1. The first-order chi connectivity index (χ1) is 12.8. The van der Waals surface area contributed by atoms with Crippen LogP contribution < -0.4 is 0 Å². The van der Waals surface area contributed by atoms with E-state index < -0.39 is 27.8 Å². The zero-order valence-corrected chi connectivity index (χ0v) is 16.6. The average molecular weight is 398 g/mol. The summed E-state index contributed by atoms with van der Waals surface area (Å²) in [6.45, 7) is 0.644. The van der Waals surface area contributed by atoms with Crippen molar-refractivity contribution in [1.29, 1.82) is 0 Å². The van der Waals surface area contributed by atoms with Gasteiger partial charge in [-0.3, -0.25) is 14.5 Å². The molecule has 148 valence electrons. The first kappa shape index (κ1) is 18.8. The van der Waals surface area contributed by atoms with Crippen LogP contribution in [0, 0.1) is 10.8 Å². The Kier molecular flexibility index (Phi) is 3.98. The topological polar surface area (TPSA) is 85.3 Å². The predicted molar refractivity (Wildman–Crippen MR) is 95.9 cm³/mol. The number of Topliss-reactive ketones (excluding diaryl/α,β-unsaturated/α-hetero) is 1. The molecule has 27 heavy (non-hydrogen) atoms. The van der Waals surface area contributed by atoms with E-state index in [2.05, 4.69) is 4.90 Å². The highest BCUT2D eigenvalue weighted by atomic mass is 35.5. The molecule has 3 aliphatic carbocycles. The monoisotopic (exact) mass is 397 g/mol. The van der Waals surface area contributed by atoms with E-state index in [0.29, 0.717) is 25.1 Å². The van der Waals surface area contributed by atoms with Gasteiger partial charge in [0.15, 0.2) is 11.5 Å². The van der Waals surface area contributed by atoms with E-state index in [9.17, 15) is 14.7 Å². The average Bonchev–Trinajstić information content (AvgIpc) is 3.15. The van der Waals surface area contributed by atoms with Crippen LogP contribution in [-0.4, -0.2) is 73.5 Å². The van der Waals surface area contributed by atoms with Gasteiger partial charge >= 0.3 is 0 Å². The molecule has 1 N–H and O–H groups in total. The molecular formula is C19H24ClNO6. The molecule has 1 spiro atoms. The molecule has 1 heterocycles. The number of allylic oxidation sites excluding steroid dienone is 2. The van der Waals surface area contributed by atoms with E-state index in [-0.39, 0.29) is 29.5 Å². The highest BCUT2D eigenvalue weighted by Gasteiger charge is 2.83. The number of rotatable bonds is 3. The predicted octanol–water partition coefficient (Wildman–Crippen LogP) is 0.996. The van der Waals surface area contributed by atoms with Gasteiger partial charge in [0.2, 0.25) is 11.5 Å². The van der Waals surface area contributed by atoms with E-state index in [1.807, 2.05) is 7.05 Å². The summed E-state index contributed by atoms with van der Waals surface area (Å²) in [6, 6.07) is 0. The van der Waals surface area contributed by atoms with E-state index in [0.717, 1.165) is 0 Å². The van der Waals surface area contributed by atoms with Crippen molar-refractivity contribution < 1.29 is 28.9 Å². The first-order valence-corrected chi connectivity index (χ1v) is 9.41. The lowest BCUT2D eigenvalue weighted by molar-refractivity contribution is -0.148. The summed E-state index contributed by atoms with van der Waals surface area (Å²) in [7, 11) is 6.29. The number of aliphatic hydroxyl groups excluding tert-OH is 1. The minimum absolute atomic E-state index is 0.0597. The highest BCUT2D eigenvalue weighted by Crippen LogP contribution is 2.74. The molecule has 0 radical (unpaired) electrons. The number of nitrogens with zero attached hydrogens (tertiary/aromatic N) is 1. The van der Waals surface area contributed by atoms with Crippen LogP contribution >= 0.6 is 11.6 Å². The van der Waals surface area contributed by atoms with Crippen LogP contribution in [0.25, 0.3) is 0 Å². The number of aliphatic hydroxyl groups is 1. The molecule has 0 bridgehead atoms. The molecule has 0 aromatic rings. The number of likely N-dealkylation sites (tertiary alicyclic amines) is 1. The van der Waals surface area contributed by atoms with Gasteiger partial charge in [0.25, 0.3) is 0 Å². The molecule has 1 aliphatic heterocycles. The second-order valence-corrected chi connectivity index (χ2v) is 8.37. The molecule has 1 saturated carbocycles. The van der Waals surface area contributed by atoms with Crippen LogP contribution in [0.15, 0.2) is 23.4 Å². The molecule has 0 aromatic heterocycles. The summed E-state index contributed by atoms with van der Waals surface area (Å²) in [5.74, 6) is 0.236. The van der Waals surface area contributed by atoms with E-state index in [1.54, 1.807) is 0 Å². The van der Waals surface area contributed by atoms with E-state index in [4.69, 9.17) is 25.8 Å². The van der Waals surface area contributed by atoms with Crippen LogP contribution in [0.4, 0.5) is 0 Å². The van der Waals surface area contributed by atoms with Gasteiger partial charge in [-0.15, -0.1) is 11.6 Å². The number of carbonyl (C=O) groups excluding carboxylic acids is 2. The fourth-order valence-corrected chi connectivity index (χ4v) is 7.08. The Morgan fingerprint density at radius 2 is 1.93 bits per heavy atom. The van der Waals surface area contributed by atoms with Gasteiger partial charge < -0.3 is 19.3 Å². The minimum atomic E-state index is -1.34. The van der Waals surface area contributed by atoms with Gasteiger partial charge in [0.05, 0.1) is 37.7 Å². The Labute approximate surface area is 162 Å². The summed E-state index contributed by atoms with van der Waals surface area (Å²) in [4.78, 5) is 28.4. The summed E-state index contributed by atoms with van der Waals surface area (Å²) in [6.07, 6.45) is 1.08. The Hall–Kier alpha value is -1.57. The smallest absolute Gasteiger partial charge is 0.201 e. The highest BCUT2D eigenvalue weighted by molar-refractivity contribution is 6.25. The van der Waals surface area contributed by atoms with Crippen molar-refractivity contribution in [2.45, 2.75) is 36.3 Å². The second-order valence-electron chi connectivity index (χ2n) is 7.84. The second kappa shape index (κ2) is 5.72. The molecule has 4 rings (SSSR count). The van der Waals surface area contributed by atoms with Gasteiger partial charge in [0, 0.05) is 17.9 Å². The first-order valence-electron chi connectivity index (χ1n) is 8.97. The number of ketones is 2. The van der Waals surface area contributed by atoms with Crippen molar-refractivity contribution in [2.24, 2.45) is 10.8 Å². The third-order valence-electron chi connectivity index (χ3n) is 7.40. The third-order valence-corrected chi connectivity index (χ3v) is 7.90. The Morgan fingerprint density at radius 1 is 1.22 bits per heavy atom. The van der Waals surface area contributed by atoms with Crippen LogP contribution in [0.2, 0.25) is 0 Å². The van der Waals surface area contributed by atoms with Crippen molar-refractivity contribution in [1.82, 2.24) is 4.90 Å². The van der Waals surface area contributed by atoms with Crippen molar-refractivity contribution in [3.63, 3.8) is 0 Å². The molecule has 2 unspecified atom stereocenters. The number of halogens is 1. The Balaban J connectivity index is 2.04. The fourth-order valence-electron chi connectivity index (χ4n) is 6.42. The maximum Gasteiger partial charge on any atom is 0.201 e. The summed E-state index contributed by atoms with van der Waals surface area (Å²) in [5.41, 5.74) is -3.05. The van der Waals surface area contributed by atoms with Gasteiger partial charge in [-0.05, 0) is 26.4 Å². The van der Waals surface area contributed by atoms with Gasteiger partial charge in [-0.25, -0.2) is 0 Å². The number of carbonyl (C=O) groups is 2. The van der Waals surface area contributed by atoms with Crippen molar-refractivity contribution in [3.8, 4) is 0 Å². The van der Waals surface area contributed by atoms with Gasteiger partial charge in [-0.1, -0.05) is 0 Å². The molecule has 1 saturated heterocycles. The molecule has 0 aromatic carbocycles. The maximum absolute atomic E-state index is 13.3.